The fourth-order valence-electron chi connectivity index (χ4n) is 2.45. The highest BCUT2D eigenvalue weighted by molar-refractivity contribution is 6.32. The Morgan fingerprint density at radius 2 is 1.94 bits per heavy atom. The average molecular weight is 456 g/mol. The second-order valence-electron chi connectivity index (χ2n) is 5.83. The summed E-state index contributed by atoms with van der Waals surface area (Å²) in [6.45, 7) is -1.48. The molecule has 166 valence electrons. The Morgan fingerprint density at radius 1 is 1.19 bits per heavy atom. The van der Waals surface area contributed by atoms with Crippen molar-refractivity contribution >= 4 is 35.2 Å². The molecular weight excluding hydrogens is 436 g/mol. The number of alkyl halides is 2. The summed E-state index contributed by atoms with van der Waals surface area (Å²) in [7, 11) is 1.46. The second kappa shape index (κ2) is 11.8. The number of halogens is 3. The number of rotatable bonds is 10. The molecule has 10 heteroatoms. The van der Waals surface area contributed by atoms with Crippen LogP contribution in [0.1, 0.15) is 12.5 Å². The molecule has 0 saturated carbocycles. The fraction of sp³-hybridized carbons (Fsp3) is 0.238. The van der Waals surface area contributed by atoms with Crippen LogP contribution in [0.3, 0.4) is 0 Å². The number of methoxy groups -OCH3 is 1. The molecule has 31 heavy (non-hydrogen) atoms. The molecule has 2 rings (SSSR count). The van der Waals surface area contributed by atoms with E-state index in [2.05, 4.69) is 10.1 Å². The molecule has 0 aromatic heterocycles. The first-order valence-electron chi connectivity index (χ1n) is 9.02. The molecule has 0 unspecified atom stereocenters. The van der Waals surface area contributed by atoms with Gasteiger partial charge in [-0.1, -0.05) is 23.7 Å². The number of esters is 1. The van der Waals surface area contributed by atoms with Crippen molar-refractivity contribution < 1.29 is 37.3 Å². The lowest BCUT2D eigenvalue weighted by Gasteiger charge is -2.12. The maximum Gasteiger partial charge on any atom is 0.387 e. The Kier molecular flexibility index (Phi) is 9.08. The smallest absolute Gasteiger partial charge is 0.387 e. The summed E-state index contributed by atoms with van der Waals surface area (Å²) in [6, 6.07) is 8.84. The maximum atomic E-state index is 12.4. The highest BCUT2D eigenvalue weighted by atomic mass is 35.5. The van der Waals surface area contributed by atoms with Gasteiger partial charge in [0.25, 0.3) is 5.91 Å². The number of ether oxygens (including phenoxy) is 4. The van der Waals surface area contributed by atoms with E-state index in [1.807, 2.05) is 0 Å². The standard InChI is InChI=1S/C21H20ClF2NO6/c1-3-29-17-11-13(10-14(22)20(17)28-2)8-9-19(27)30-12-18(26)25-15-6-4-5-7-16(15)31-21(23)24/h4-11,21H,3,12H2,1-2H3,(H,25,26)/b9-8+. The summed E-state index contributed by atoms with van der Waals surface area (Å²) < 4.78 is 44.6. The third-order valence-electron chi connectivity index (χ3n) is 3.67. The minimum absolute atomic E-state index is 0.0238. The van der Waals surface area contributed by atoms with E-state index in [4.69, 9.17) is 25.8 Å². The summed E-state index contributed by atoms with van der Waals surface area (Å²) in [5.74, 6) is -0.945. The molecule has 0 heterocycles. The number of hydrogen-bond acceptors (Lipinski definition) is 6. The van der Waals surface area contributed by atoms with Crippen LogP contribution in [-0.2, 0) is 14.3 Å². The minimum Gasteiger partial charge on any atom is -0.491 e. The van der Waals surface area contributed by atoms with E-state index >= 15 is 0 Å². The summed E-state index contributed by atoms with van der Waals surface area (Å²) in [4.78, 5) is 23.9. The van der Waals surface area contributed by atoms with Gasteiger partial charge in [0, 0.05) is 6.08 Å². The molecule has 0 bridgehead atoms. The Morgan fingerprint density at radius 3 is 2.61 bits per heavy atom. The Labute approximate surface area is 182 Å². The van der Waals surface area contributed by atoms with Crippen LogP contribution in [0.15, 0.2) is 42.5 Å². The van der Waals surface area contributed by atoms with Crippen LogP contribution in [0.4, 0.5) is 14.5 Å². The predicted octanol–water partition coefficient (Wildman–Crippen LogP) is 4.54. The molecular formula is C21H20ClF2NO6. The van der Waals surface area contributed by atoms with Gasteiger partial charge in [-0.2, -0.15) is 8.78 Å². The zero-order chi connectivity index (χ0) is 22.8. The highest BCUT2D eigenvalue weighted by Gasteiger charge is 2.13. The number of anilines is 1. The van der Waals surface area contributed by atoms with Crippen molar-refractivity contribution in [3.63, 3.8) is 0 Å². The summed E-state index contributed by atoms with van der Waals surface area (Å²) >= 11 is 6.14. The number of para-hydroxylation sites is 2. The predicted molar refractivity (Wildman–Crippen MR) is 111 cm³/mol. The number of benzene rings is 2. The zero-order valence-corrected chi connectivity index (χ0v) is 17.4. The fourth-order valence-corrected chi connectivity index (χ4v) is 2.75. The molecule has 0 saturated heterocycles. The maximum absolute atomic E-state index is 12.4. The molecule has 0 fully saturated rings. The number of hydrogen-bond donors (Lipinski definition) is 1. The highest BCUT2D eigenvalue weighted by Crippen LogP contribution is 2.36. The van der Waals surface area contributed by atoms with Gasteiger partial charge in [0.2, 0.25) is 0 Å². The first kappa shape index (κ1) is 23.9. The van der Waals surface area contributed by atoms with Gasteiger partial charge in [0.05, 0.1) is 24.4 Å². The molecule has 2 aromatic carbocycles. The molecule has 0 aliphatic rings. The lowest BCUT2D eigenvalue weighted by atomic mass is 10.2. The van der Waals surface area contributed by atoms with Gasteiger partial charge in [0.1, 0.15) is 5.75 Å². The number of carbonyl (C=O) groups is 2. The summed E-state index contributed by atoms with van der Waals surface area (Å²) in [6.07, 6.45) is 2.54. The molecule has 7 nitrogen and oxygen atoms in total. The first-order valence-corrected chi connectivity index (χ1v) is 9.40. The normalized spacial score (nSPS) is 10.8. The number of nitrogens with one attached hydrogen (secondary N) is 1. The molecule has 0 spiro atoms. The van der Waals surface area contributed by atoms with Crippen LogP contribution in [0, 0.1) is 0 Å². The monoisotopic (exact) mass is 455 g/mol. The van der Waals surface area contributed by atoms with Crippen LogP contribution in [-0.4, -0.2) is 38.8 Å². The number of carbonyl (C=O) groups excluding carboxylic acids is 2. The van der Waals surface area contributed by atoms with Crippen LogP contribution >= 0.6 is 11.6 Å². The van der Waals surface area contributed by atoms with E-state index in [0.29, 0.717) is 28.7 Å². The quantitative estimate of drug-likeness (QED) is 0.418. The van der Waals surface area contributed by atoms with Gasteiger partial charge < -0.3 is 24.3 Å². The van der Waals surface area contributed by atoms with Crippen molar-refractivity contribution in [1.29, 1.82) is 0 Å². The van der Waals surface area contributed by atoms with Crippen molar-refractivity contribution in [2.24, 2.45) is 0 Å². The van der Waals surface area contributed by atoms with Gasteiger partial charge in [-0.3, -0.25) is 4.79 Å². The molecule has 0 radical (unpaired) electrons. The molecule has 1 amide bonds. The SMILES string of the molecule is CCOc1cc(/C=C/C(=O)OCC(=O)Nc2ccccc2OC(F)F)cc(Cl)c1OC. The lowest BCUT2D eigenvalue weighted by molar-refractivity contribution is -0.142. The molecule has 2 aromatic rings. The third-order valence-corrected chi connectivity index (χ3v) is 3.95. The van der Waals surface area contributed by atoms with Crippen LogP contribution in [0.2, 0.25) is 5.02 Å². The van der Waals surface area contributed by atoms with Gasteiger partial charge >= 0.3 is 12.6 Å². The average Bonchev–Trinajstić information content (AvgIpc) is 2.72. The summed E-state index contributed by atoms with van der Waals surface area (Å²) in [5, 5.41) is 2.64. The van der Waals surface area contributed by atoms with Gasteiger partial charge in [-0.25, -0.2) is 4.79 Å². The largest absolute Gasteiger partial charge is 0.491 e. The van der Waals surface area contributed by atoms with Gasteiger partial charge in [-0.15, -0.1) is 0 Å². The van der Waals surface area contributed by atoms with E-state index in [-0.39, 0.29) is 11.4 Å². The minimum atomic E-state index is -3.05. The molecule has 0 aliphatic heterocycles. The zero-order valence-electron chi connectivity index (χ0n) is 16.7. The lowest BCUT2D eigenvalue weighted by Crippen LogP contribution is -2.20. The third kappa shape index (κ3) is 7.45. The van der Waals surface area contributed by atoms with Crippen molar-refractivity contribution in [2.75, 3.05) is 25.6 Å². The van der Waals surface area contributed by atoms with Crippen LogP contribution < -0.4 is 19.5 Å². The van der Waals surface area contributed by atoms with E-state index in [9.17, 15) is 18.4 Å². The van der Waals surface area contributed by atoms with E-state index in [1.165, 1.54) is 37.5 Å². The molecule has 1 N–H and O–H groups in total. The topological polar surface area (TPSA) is 83.1 Å². The first-order chi connectivity index (χ1) is 14.8. The molecule has 0 atom stereocenters. The van der Waals surface area contributed by atoms with Crippen molar-refractivity contribution in [1.82, 2.24) is 0 Å². The Hall–Kier alpha value is -3.33. The van der Waals surface area contributed by atoms with E-state index < -0.39 is 25.1 Å². The van der Waals surface area contributed by atoms with Crippen molar-refractivity contribution in [2.45, 2.75) is 13.5 Å². The Bertz CT molecular complexity index is 951. The Balaban J connectivity index is 1.95. The summed E-state index contributed by atoms with van der Waals surface area (Å²) in [5.41, 5.74) is 0.574. The van der Waals surface area contributed by atoms with Crippen LogP contribution in [0.5, 0.6) is 17.2 Å². The molecule has 0 aliphatic carbocycles. The van der Waals surface area contributed by atoms with Gasteiger partial charge in [0.15, 0.2) is 18.1 Å². The number of amides is 1. The van der Waals surface area contributed by atoms with E-state index in [1.54, 1.807) is 19.1 Å². The van der Waals surface area contributed by atoms with Gasteiger partial charge in [-0.05, 0) is 42.8 Å². The van der Waals surface area contributed by atoms with Crippen LogP contribution in [0.25, 0.3) is 6.08 Å². The van der Waals surface area contributed by atoms with E-state index in [0.717, 1.165) is 6.08 Å². The van der Waals surface area contributed by atoms with Crippen molar-refractivity contribution in [3.05, 3.63) is 53.1 Å². The van der Waals surface area contributed by atoms with Crippen molar-refractivity contribution in [3.8, 4) is 17.2 Å². The second-order valence-corrected chi connectivity index (χ2v) is 6.24.